The molecule has 1 nitrogen and oxygen atoms in total. The van der Waals surface area contributed by atoms with E-state index < -0.39 is 0 Å². The molecular weight excluding hydrogens is 189 g/mol. The van der Waals surface area contributed by atoms with Crippen LogP contribution in [0.2, 0.25) is 0 Å². The minimum Gasteiger partial charge on any atom is -0.324 e. The summed E-state index contributed by atoms with van der Waals surface area (Å²) in [7, 11) is 0. The van der Waals surface area contributed by atoms with Gasteiger partial charge in [-0.1, -0.05) is 26.8 Å². The van der Waals surface area contributed by atoms with Gasteiger partial charge in [0.1, 0.15) is 5.82 Å². The first-order valence-corrected chi connectivity index (χ1v) is 5.31. The largest absolute Gasteiger partial charge is 0.324 e. The maximum absolute atomic E-state index is 13.1. The SMILES string of the molecule is Cc1ccc(F)cc1C(N)CC(C)(C)C. The summed E-state index contributed by atoms with van der Waals surface area (Å²) in [6.07, 6.45) is 0.858. The van der Waals surface area contributed by atoms with Crippen LogP contribution in [0.25, 0.3) is 0 Å². The van der Waals surface area contributed by atoms with Crippen LogP contribution in [0.4, 0.5) is 4.39 Å². The Bertz CT molecular complexity index is 339. The fourth-order valence-corrected chi connectivity index (χ4v) is 1.78. The van der Waals surface area contributed by atoms with Crippen LogP contribution in [0, 0.1) is 18.2 Å². The zero-order chi connectivity index (χ0) is 11.6. The first-order chi connectivity index (χ1) is 6.79. The molecule has 0 radical (unpaired) electrons. The number of rotatable bonds is 2. The third kappa shape index (κ3) is 3.63. The molecule has 1 rings (SSSR count). The standard InChI is InChI=1S/C13H20FN/c1-9-5-6-10(14)7-11(9)12(15)8-13(2,3)4/h5-7,12H,8,15H2,1-4H3. The molecule has 0 aliphatic carbocycles. The molecule has 1 unspecified atom stereocenters. The molecule has 0 aliphatic heterocycles. The Balaban J connectivity index is 2.90. The third-order valence-electron chi connectivity index (χ3n) is 2.47. The average molecular weight is 209 g/mol. The second-order valence-corrected chi connectivity index (χ2v) is 5.37. The van der Waals surface area contributed by atoms with Crippen molar-refractivity contribution in [2.75, 3.05) is 0 Å². The van der Waals surface area contributed by atoms with Gasteiger partial charge in [0.05, 0.1) is 0 Å². The number of hydrogen-bond acceptors (Lipinski definition) is 1. The third-order valence-corrected chi connectivity index (χ3v) is 2.47. The van der Waals surface area contributed by atoms with E-state index in [0.717, 1.165) is 17.5 Å². The van der Waals surface area contributed by atoms with E-state index in [2.05, 4.69) is 20.8 Å². The van der Waals surface area contributed by atoms with Crippen molar-refractivity contribution >= 4 is 0 Å². The van der Waals surface area contributed by atoms with Crippen LogP contribution in [-0.4, -0.2) is 0 Å². The number of benzene rings is 1. The van der Waals surface area contributed by atoms with Crippen molar-refractivity contribution < 1.29 is 4.39 Å². The van der Waals surface area contributed by atoms with Crippen molar-refractivity contribution in [1.29, 1.82) is 0 Å². The molecule has 0 saturated carbocycles. The highest BCUT2D eigenvalue weighted by atomic mass is 19.1. The van der Waals surface area contributed by atoms with Crippen molar-refractivity contribution in [3.63, 3.8) is 0 Å². The molecule has 0 spiro atoms. The van der Waals surface area contributed by atoms with Gasteiger partial charge in [0.15, 0.2) is 0 Å². The lowest BCUT2D eigenvalue weighted by Gasteiger charge is -2.24. The normalized spacial score (nSPS) is 14.0. The predicted molar refractivity (Wildman–Crippen MR) is 62.1 cm³/mol. The molecule has 84 valence electrons. The Morgan fingerprint density at radius 1 is 1.33 bits per heavy atom. The summed E-state index contributed by atoms with van der Waals surface area (Å²) in [5.41, 5.74) is 8.23. The summed E-state index contributed by atoms with van der Waals surface area (Å²) in [6, 6.07) is 4.72. The van der Waals surface area contributed by atoms with Gasteiger partial charge in [0.25, 0.3) is 0 Å². The molecule has 1 aromatic rings. The van der Waals surface area contributed by atoms with E-state index in [0.29, 0.717) is 0 Å². The Morgan fingerprint density at radius 2 is 1.93 bits per heavy atom. The molecule has 1 aromatic carbocycles. The number of nitrogens with two attached hydrogens (primary N) is 1. The summed E-state index contributed by atoms with van der Waals surface area (Å²) >= 11 is 0. The first-order valence-electron chi connectivity index (χ1n) is 5.31. The van der Waals surface area contributed by atoms with Crippen LogP contribution in [0.1, 0.15) is 44.4 Å². The van der Waals surface area contributed by atoms with Crippen molar-refractivity contribution in [3.8, 4) is 0 Å². The lowest BCUT2D eigenvalue weighted by atomic mass is 9.85. The molecule has 0 aliphatic rings. The van der Waals surface area contributed by atoms with Gasteiger partial charge in [-0.25, -0.2) is 4.39 Å². The van der Waals surface area contributed by atoms with E-state index in [1.165, 1.54) is 6.07 Å². The Hall–Kier alpha value is -0.890. The van der Waals surface area contributed by atoms with E-state index in [-0.39, 0.29) is 17.3 Å². The highest BCUT2D eigenvalue weighted by Gasteiger charge is 2.18. The minimum absolute atomic E-state index is 0.0827. The van der Waals surface area contributed by atoms with E-state index >= 15 is 0 Å². The molecule has 0 heterocycles. The molecule has 0 bridgehead atoms. The zero-order valence-corrected chi connectivity index (χ0v) is 9.97. The van der Waals surface area contributed by atoms with Gasteiger partial charge in [-0.05, 0) is 42.0 Å². The van der Waals surface area contributed by atoms with Crippen molar-refractivity contribution in [3.05, 3.63) is 35.1 Å². The minimum atomic E-state index is -0.208. The van der Waals surface area contributed by atoms with Gasteiger partial charge < -0.3 is 5.73 Å². The number of aryl methyl sites for hydroxylation is 1. The Morgan fingerprint density at radius 3 is 2.47 bits per heavy atom. The first kappa shape index (κ1) is 12.2. The summed E-state index contributed by atoms with van der Waals surface area (Å²) in [6.45, 7) is 8.39. The van der Waals surface area contributed by atoms with Crippen LogP contribution in [-0.2, 0) is 0 Å². The second-order valence-electron chi connectivity index (χ2n) is 5.37. The van der Waals surface area contributed by atoms with E-state index in [1.54, 1.807) is 12.1 Å². The fraction of sp³-hybridized carbons (Fsp3) is 0.538. The maximum atomic E-state index is 13.1. The van der Waals surface area contributed by atoms with Gasteiger partial charge in [-0.3, -0.25) is 0 Å². The molecule has 15 heavy (non-hydrogen) atoms. The average Bonchev–Trinajstić information content (AvgIpc) is 2.06. The smallest absolute Gasteiger partial charge is 0.123 e. The van der Waals surface area contributed by atoms with Crippen molar-refractivity contribution in [2.24, 2.45) is 11.1 Å². The van der Waals surface area contributed by atoms with Crippen molar-refractivity contribution in [2.45, 2.75) is 40.2 Å². The summed E-state index contributed by atoms with van der Waals surface area (Å²) < 4.78 is 13.1. The van der Waals surface area contributed by atoms with Crippen LogP contribution >= 0.6 is 0 Å². The van der Waals surface area contributed by atoms with E-state index in [9.17, 15) is 4.39 Å². The quantitative estimate of drug-likeness (QED) is 0.791. The highest BCUT2D eigenvalue weighted by molar-refractivity contribution is 5.29. The molecule has 0 saturated heterocycles. The number of halogens is 1. The van der Waals surface area contributed by atoms with E-state index in [4.69, 9.17) is 5.73 Å². The van der Waals surface area contributed by atoms with E-state index in [1.807, 2.05) is 6.92 Å². The lowest BCUT2D eigenvalue weighted by Crippen LogP contribution is -2.19. The topological polar surface area (TPSA) is 26.0 Å². The summed E-state index contributed by atoms with van der Waals surface area (Å²) in [5, 5.41) is 0. The molecule has 0 amide bonds. The van der Waals surface area contributed by atoms with Crippen LogP contribution in [0.3, 0.4) is 0 Å². The van der Waals surface area contributed by atoms with Crippen LogP contribution in [0.5, 0.6) is 0 Å². The second kappa shape index (κ2) is 4.31. The van der Waals surface area contributed by atoms with Gasteiger partial charge in [-0.2, -0.15) is 0 Å². The maximum Gasteiger partial charge on any atom is 0.123 e. The predicted octanol–water partition coefficient (Wildman–Crippen LogP) is 3.57. The van der Waals surface area contributed by atoms with Gasteiger partial charge in [-0.15, -0.1) is 0 Å². The summed E-state index contributed by atoms with van der Waals surface area (Å²) in [5.74, 6) is -0.208. The molecule has 1 atom stereocenters. The highest BCUT2D eigenvalue weighted by Crippen LogP contribution is 2.29. The van der Waals surface area contributed by atoms with Crippen LogP contribution in [0.15, 0.2) is 18.2 Å². The van der Waals surface area contributed by atoms with Gasteiger partial charge in [0.2, 0.25) is 0 Å². The fourth-order valence-electron chi connectivity index (χ4n) is 1.78. The Kier molecular flexibility index (Phi) is 3.50. The lowest BCUT2D eigenvalue weighted by molar-refractivity contribution is 0.342. The molecule has 0 fully saturated rings. The van der Waals surface area contributed by atoms with Gasteiger partial charge in [0, 0.05) is 6.04 Å². The molecular formula is C13H20FN. The zero-order valence-electron chi connectivity index (χ0n) is 9.97. The molecule has 2 N–H and O–H groups in total. The van der Waals surface area contributed by atoms with Gasteiger partial charge >= 0.3 is 0 Å². The summed E-state index contributed by atoms with van der Waals surface area (Å²) in [4.78, 5) is 0. The number of hydrogen-bond donors (Lipinski definition) is 1. The monoisotopic (exact) mass is 209 g/mol. The molecule has 0 aromatic heterocycles. The van der Waals surface area contributed by atoms with Crippen molar-refractivity contribution in [1.82, 2.24) is 0 Å². The Labute approximate surface area is 91.5 Å². The van der Waals surface area contributed by atoms with Crippen LogP contribution < -0.4 is 5.73 Å². The molecule has 2 heteroatoms.